The number of aromatic hydroxyl groups is 2. The molecule has 6 heteroatoms. The molecule has 4 aromatic carbocycles. The van der Waals surface area contributed by atoms with Crippen molar-refractivity contribution < 1.29 is 29.2 Å². The maximum absolute atomic E-state index is 9.35. The van der Waals surface area contributed by atoms with Crippen LogP contribution in [0.2, 0.25) is 0 Å². The fraction of sp³-hybridized carbons (Fsp3) is 0.294. The van der Waals surface area contributed by atoms with Crippen LogP contribution in [0.3, 0.4) is 0 Å². The zero-order valence-corrected chi connectivity index (χ0v) is 22.8. The topological polar surface area (TPSA) is 77.4 Å². The van der Waals surface area contributed by atoms with Gasteiger partial charge in [0.25, 0.3) is 0 Å². The highest BCUT2D eigenvalue weighted by atomic mass is 16.5. The first kappa shape index (κ1) is 28.7. The molecule has 0 saturated carbocycles. The van der Waals surface area contributed by atoms with Crippen LogP contribution >= 0.6 is 0 Å². The Morgan fingerprint density at radius 1 is 0.325 bits per heavy atom. The minimum absolute atomic E-state index is 0.219. The van der Waals surface area contributed by atoms with E-state index in [0.29, 0.717) is 11.5 Å². The number of phenolic OH excluding ortho intramolecular Hbond substituents is 2. The molecule has 0 aromatic heterocycles. The van der Waals surface area contributed by atoms with E-state index in [1.54, 1.807) is 48.5 Å². The first-order valence-corrected chi connectivity index (χ1v) is 14.0. The van der Waals surface area contributed by atoms with Crippen molar-refractivity contribution in [2.45, 2.75) is 51.4 Å². The van der Waals surface area contributed by atoms with E-state index in [1.165, 1.54) is 38.5 Å². The molecule has 4 rings (SSSR count). The van der Waals surface area contributed by atoms with Crippen molar-refractivity contribution in [3.05, 3.63) is 97.1 Å². The van der Waals surface area contributed by atoms with E-state index in [4.69, 9.17) is 18.9 Å². The molecule has 210 valence electrons. The van der Waals surface area contributed by atoms with Gasteiger partial charge >= 0.3 is 0 Å². The first-order valence-electron chi connectivity index (χ1n) is 14.0. The van der Waals surface area contributed by atoms with E-state index in [2.05, 4.69) is 0 Å². The third-order valence-corrected chi connectivity index (χ3v) is 6.37. The van der Waals surface area contributed by atoms with Gasteiger partial charge in [-0.1, -0.05) is 38.5 Å². The third kappa shape index (κ3) is 10.4. The van der Waals surface area contributed by atoms with Crippen LogP contribution in [0.4, 0.5) is 0 Å². The predicted octanol–water partition coefficient (Wildman–Crippen LogP) is 9.26. The number of unbranched alkanes of at least 4 members (excludes halogenated alkanes) is 7. The van der Waals surface area contributed by atoms with E-state index in [9.17, 15) is 10.2 Å². The van der Waals surface area contributed by atoms with Crippen molar-refractivity contribution in [3.8, 4) is 46.0 Å². The van der Waals surface area contributed by atoms with Crippen molar-refractivity contribution in [2.75, 3.05) is 13.2 Å². The number of hydrogen-bond acceptors (Lipinski definition) is 6. The number of hydrogen-bond donors (Lipinski definition) is 2. The van der Waals surface area contributed by atoms with Crippen LogP contribution in [0.15, 0.2) is 97.1 Å². The van der Waals surface area contributed by atoms with Crippen molar-refractivity contribution in [1.82, 2.24) is 0 Å². The predicted molar refractivity (Wildman–Crippen MR) is 157 cm³/mol. The maximum Gasteiger partial charge on any atom is 0.127 e. The van der Waals surface area contributed by atoms with Crippen LogP contribution < -0.4 is 18.9 Å². The summed E-state index contributed by atoms with van der Waals surface area (Å²) in [6.07, 6.45) is 9.45. The average Bonchev–Trinajstić information content (AvgIpc) is 2.98. The lowest BCUT2D eigenvalue weighted by atomic mass is 10.1. The standard InChI is InChI=1S/C34H38O6/c35-27-9-13-31(14-10-27)39-33-21-17-29(18-22-33)37-25-7-5-3-1-2-4-6-8-26-38-30-19-23-34(24-20-30)40-32-15-11-28(36)12-16-32/h9-24,35-36H,1-8,25-26H2. The zero-order valence-electron chi connectivity index (χ0n) is 22.8. The molecule has 0 atom stereocenters. The van der Waals surface area contributed by atoms with Crippen LogP contribution in [0.25, 0.3) is 0 Å². The van der Waals surface area contributed by atoms with Crippen molar-refractivity contribution in [1.29, 1.82) is 0 Å². The molecule has 0 spiro atoms. The second kappa shape index (κ2) is 15.9. The van der Waals surface area contributed by atoms with Gasteiger partial charge in [-0.2, -0.15) is 0 Å². The van der Waals surface area contributed by atoms with Crippen LogP contribution in [0.1, 0.15) is 51.4 Å². The van der Waals surface area contributed by atoms with Gasteiger partial charge in [0.1, 0.15) is 46.0 Å². The lowest BCUT2D eigenvalue weighted by Crippen LogP contribution is -1.98. The van der Waals surface area contributed by atoms with Crippen molar-refractivity contribution in [2.24, 2.45) is 0 Å². The van der Waals surface area contributed by atoms with E-state index in [0.717, 1.165) is 49.1 Å². The number of benzene rings is 4. The maximum atomic E-state index is 9.35. The zero-order chi connectivity index (χ0) is 27.8. The molecule has 0 aliphatic heterocycles. The summed E-state index contributed by atoms with van der Waals surface area (Å²) in [4.78, 5) is 0. The van der Waals surface area contributed by atoms with E-state index < -0.39 is 0 Å². The quantitative estimate of drug-likeness (QED) is 0.129. The molecular formula is C34H38O6. The van der Waals surface area contributed by atoms with E-state index >= 15 is 0 Å². The average molecular weight is 543 g/mol. The molecule has 2 N–H and O–H groups in total. The molecule has 0 aliphatic rings. The molecule has 0 bridgehead atoms. The highest BCUT2D eigenvalue weighted by molar-refractivity contribution is 5.38. The molecular weight excluding hydrogens is 504 g/mol. The lowest BCUT2D eigenvalue weighted by molar-refractivity contribution is 0.300. The Balaban J connectivity index is 0.961. The van der Waals surface area contributed by atoms with Gasteiger partial charge in [0.2, 0.25) is 0 Å². The van der Waals surface area contributed by atoms with Gasteiger partial charge in [-0.3, -0.25) is 0 Å². The Hall–Kier alpha value is -4.32. The van der Waals surface area contributed by atoms with Gasteiger partial charge in [0, 0.05) is 0 Å². The minimum atomic E-state index is 0.219. The lowest BCUT2D eigenvalue weighted by Gasteiger charge is -2.09. The molecule has 0 fully saturated rings. The van der Waals surface area contributed by atoms with Gasteiger partial charge < -0.3 is 29.2 Å². The summed E-state index contributed by atoms with van der Waals surface area (Å²) in [7, 11) is 0. The molecule has 0 radical (unpaired) electrons. The Morgan fingerprint density at radius 2 is 0.575 bits per heavy atom. The van der Waals surface area contributed by atoms with Crippen LogP contribution in [-0.2, 0) is 0 Å². The minimum Gasteiger partial charge on any atom is -0.508 e. The largest absolute Gasteiger partial charge is 0.508 e. The summed E-state index contributed by atoms with van der Waals surface area (Å²) in [5, 5.41) is 18.7. The Kier molecular flexibility index (Phi) is 11.4. The number of rotatable bonds is 17. The molecule has 0 heterocycles. The summed E-state index contributed by atoms with van der Waals surface area (Å²) in [5.74, 6) is 4.96. The Morgan fingerprint density at radius 3 is 0.900 bits per heavy atom. The van der Waals surface area contributed by atoms with Crippen LogP contribution in [0.5, 0.6) is 46.0 Å². The van der Waals surface area contributed by atoms with E-state index in [1.807, 2.05) is 48.5 Å². The highest BCUT2D eigenvalue weighted by Crippen LogP contribution is 2.27. The molecule has 6 nitrogen and oxygen atoms in total. The van der Waals surface area contributed by atoms with Gasteiger partial charge in [-0.05, 0) is 110 Å². The van der Waals surface area contributed by atoms with Gasteiger partial charge in [-0.25, -0.2) is 0 Å². The number of phenols is 2. The summed E-state index contributed by atoms with van der Waals surface area (Å²) >= 11 is 0. The Labute approximate surface area is 236 Å². The molecule has 4 aromatic rings. The summed E-state index contributed by atoms with van der Waals surface area (Å²) in [5.41, 5.74) is 0. The Bertz CT molecular complexity index is 1130. The SMILES string of the molecule is Oc1ccc(Oc2ccc(OCCCCCCCCCCOc3ccc(Oc4ccc(O)cc4)cc3)cc2)cc1. The van der Waals surface area contributed by atoms with Crippen molar-refractivity contribution in [3.63, 3.8) is 0 Å². The van der Waals surface area contributed by atoms with Gasteiger partial charge in [0.15, 0.2) is 0 Å². The van der Waals surface area contributed by atoms with Crippen molar-refractivity contribution >= 4 is 0 Å². The fourth-order valence-electron chi connectivity index (χ4n) is 4.15. The molecule has 0 amide bonds. The van der Waals surface area contributed by atoms with Gasteiger partial charge in [-0.15, -0.1) is 0 Å². The highest BCUT2D eigenvalue weighted by Gasteiger charge is 2.01. The third-order valence-electron chi connectivity index (χ3n) is 6.37. The summed E-state index contributed by atoms with van der Waals surface area (Å²) < 4.78 is 23.2. The molecule has 0 aliphatic carbocycles. The molecule has 0 saturated heterocycles. The first-order chi connectivity index (χ1) is 19.6. The normalized spacial score (nSPS) is 10.7. The summed E-state index contributed by atoms with van der Waals surface area (Å²) in [6, 6.07) is 28.6. The molecule has 40 heavy (non-hydrogen) atoms. The van der Waals surface area contributed by atoms with Crippen LogP contribution in [0, 0.1) is 0 Å². The van der Waals surface area contributed by atoms with E-state index in [-0.39, 0.29) is 11.5 Å². The second-order valence-corrected chi connectivity index (χ2v) is 9.66. The second-order valence-electron chi connectivity index (χ2n) is 9.66. The van der Waals surface area contributed by atoms with Gasteiger partial charge in [0.05, 0.1) is 13.2 Å². The monoisotopic (exact) mass is 542 g/mol. The smallest absolute Gasteiger partial charge is 0.127 e. The number of ether oxygens (including phenoxy) is 4. The molecule has 0 unspecified atom stereocenters. The van der Waals surface area contributed by atoms with Crippen LogP contribution in [-0.4, -0.2) is 23.4 Å². The fourth-order valence-corrected chi connectivity index (χ4v) is 4.15. The summed E-state index contributed by atoms with van der Waals surface area (Å²) in [6.45, 7) is 1.44.